The highest BCUT2D eigenvalue weighted by molar-refractivity contribution is 6.30. The molecule has 0 aliphatic rings. The zero-order valence-electron chi connectivity index (χ0n) is 8.66. The van der Waals surface area contributed by atoms with Crippen molar-refractivity contribution in [1.29, 1.82) is 0 Å². The smallest absolute Gasteiger partial charge is 0.142 e. The molecule has 2 aromatic rings. The fourth-order valence-electron chi connectivity index (χ4n) is 1.52. The summed E-state index contributed by atoms with van der Waals surface area (Å²) in [5.74, 6) is -1.01. The second-order valence-electron chi connectivity index (χ2n) is 3.59. The minimum Gasteiger partial charge on any atom is -0.469 e. The van der Waals surface area contributed by atoms with E-state index < -0.39 is 17.7 Å². The molecule has 2 nitrogen and oxygen atoms in total. The third-order valence-corrected chi connectivity index (χ3v) is 2.66. The number of halogens is 3. The number of benzene rings is 1. The highest BCUT2D eigenvalue weighted by Crippen LogP contribution is 2.26. The van der Waals surface area contributed by atoms with Crippen LogP contribution in [-0.2, 0) is 6.42 Å². The van der Waals surface area contributed by atoms with Crippen LogP contribution in [0.1, 0.15) is 17.4 Å². The van der Waals surface area contributed by atoms with E-state index in [1.54, 1.807) is 12.1 Å². The summed E-state index contributed by atoms with van der Waals surface area (Å²) >= 11 is 5.42. The van der Waals surface area contributed by atoms with Crippen molar-refractivity contribution in [3.63, 3.8) is 0 Å². The molecule has 1 aromatic carbocycles. The molecule has 0 amide bonds. The van der Waals surface area contributed by atoms with Crippen LogP contribution in [0.4, 0.5) is 8.78 Å². The lowest BCUT2D eigenvalue weighted by molar-refractivity contribution is 0.165. The van der Waals surface area contributed by atoms with Crippen LogP contribution >= 0.6 is 11.6 Å². The average molecular weight is 259 g/mol. The quantitative estimate of drug-likeness (QED) is 0.855. The summed E-state index contributed by atoms with van der Waals surface area (Å²) in [6.07, 6.45) is 0.346. The monoisotopic (exact) mass is 258 g/mol. The molecule has 0 spiro atoms. The van der Waals surface area contributed by atoms with Crippen LogP contribution in [0, 0.1) is 11.6 Å². The largest absolute Gasteiger partial charge is 0.469 e. The van der Waals surface area contributed by atoms with Crippen molar-refractivity contribution < 1.29 is 18.3 Å². The summed E-state index contributed by atoms with van der Waals surface area (Å²) in [6.45, 7) is 0. The molecule has 1 heterocycles. The predicted octanol–water partition coefficient (Wildman–Crippen LogP) is 3.49. The van der Waals surface area contributed by atoms with Crippen molar-refractivity contribution >= 4 is 11.6 Å². The third kappa shape index (κ3) is 2.65. The van der Waals surface area contributed by atoms with Crippen molar-refractivity contribution in [1.82, 2.24) is 0 Å². The molecule has 0 radical (unpaired) electrons. The SMILES string of the molecule is OC(Cc1ccco1)c1cc(F)c(Cl)cc1F. The number of rotatable bonds is 3. The summed E-state index contributed by atoms with van der Waals surface area (Å²) in [7, 11) is 0. The van der Waals surface area contributed by atoms with E-state index in [0.717, 1.165) is 12.1 Å². The fraction of sp³-hybridized carbons (Fsp3) is 0.167. The van der Waals surface area contributed by atoms with E-state index >= 15 is 0 Å². The van der Waals surface area contributed by atoms with Gasteiger partial charge in [-0.2, -0.15) is 0 Å². The minimum absolute atomic E-state index is 0.0744. The molecule has 0 fully saturated rings. The van der Waals surface area contributed by atoms with E-state index in [2.05, 4.69) is 0 Å². The molecule has 0 aliphatic carbocycles. The summed E-state index contributed by atoms with van der Waals surface area (Å²) in [6, 6.07) is 5.04. The van der Waals surface area contributed by atoms with E-state index in [1.165, 1.54) is 6.26 Å². The van der Waals surface area contributed by atoms with Gasteiger partial charge >= 0.3 is 0 Å². The van der Waals surface area contributed by atoms with Gasteiger partial charge in [-0.25, -0.2) is 8.78 Å². The summed E-state index contributed by atoms with van der Waals surface area (Å²) in [4.78, 5) is 0. The Bertz CT molecular complexity index is 511. The Balaban J connectivity index is 2.24. The highest BCUT2D eigenvalue weighted by Gasteiger charge is 2.17. The van der Waals surface area contributed by atoms with Crippen LogP contribution in [0.3, 0.4) is 0 Å². The molecule has 0 saturated heterocycles. The molecule has 5 heteroatoms. The first-order valence-electron chi connectivity index (χ1n) is 4.93. The Kier molecular flexibility index (Phi) is 3.45. The van der Waals surface area contributed by atoms with Crippen LogP contribution in [0.25, 0.3) is 0 Å². The Morgan fingerprint density at radius 2 is 2.06 bits per heavy atom. The van der Waals surface area contributed by atoms with Gasteiger partial charge in [0, 0.05) is 12.0 Å². The Hall–Kier alpha value is -1.39. The highest BCUT2D eigenvalue weighted by atomic mass is 35.5. The average Bonchev–Trinajstić information content (AvgIpc) is 2.76. The van der Waals surface area contributed by atoms with E-state index in [9.17, 15) is 13.9 Å². The molecular weight excluding hydrogens is 250 g/mol. The molecular formula is C12H9ClF2O2. The van der Waals surface area contributed by atoms with Crippen molar-refractivity contribution in [2.75, 3.05) is 0 Å². The molecule has 1 aromatic heterocycles. The van der Waals surface area contributed by atoms with Crippen LogP contribution in [-0.4, -0.2) is 5.11 Å². The van der Waals surface area contributed by atoms with E-state index in [1.807, 2.05) is 0 Å². The van der Waals surface area contributed by atoms with Gasteiger partial charge in [-0.05, 0) is 24.3 Å². The topological polar surface area (TPSA) is 33.4 Å². The van der Waals surface area contributed by atoms with Gasteiger partial charge in [0.1, 0.15) is 17.4 Å². The molecule has 2 rings (SSSR count). The number of furan rings is 1. The molecule has 0 bridgehead atoms. The predicted molar refractivity (Wildman–Crippen MR) is 58.7 cm³/mol. The fourth-order valence-corrected chi connectivity index (χ4v) is 1.67. The van der Waals surface area contributed by atoms with Crippen molar-refractivity contribution in [3.05, 3.63) is 58.5 Å². The van der Waals surface area contributed by atoms with Gasteiger partial charge in [0.2, 0.25) is 0 Å². The molecule has 1 atom stereocenters. The van der Waals surface area contributed by atoms with Crippen LogP contribution in [0.5, 0.6) is 0 Å². The minimum atomic E-state index is -1.17. The first-order valence-corrected chi connectivity index (χ1v) is 5.30. The molecule has 0 saturated carbocycles. The van der Waals surface area contributed by atoms with Gasteiger partial charge in [-0.1, -0.05) is 11.6 Å². The number of hydrogen-bond acceptors (Lipinski definition) is 2. The Labute approximate surface area is 101 Å². The van der Waals surface area contributed by atoms with Gasteiger partial charge in [0.05, 0.1) is 17.4 Å². The number of aliphatic hydroxyl groups excluding tert-OH is 1. The first kappa shape index (κ1) is 12.1. The van der Waals surface area contributed by atoms with Crippen LogP contribution in [0.15, 0.2) is 34.9 Å². The van der Waals surface area contributed by atoms with Crippen molar-refractivity contribution in [2.45, 2.75) is 12.5 Å². The molecule has 90 valence electrons. The van der Waals surface area contributed by atoms with Crippen LogP contribution in [0.2, 0.25) is 5.02 Å². The Morgan fingerprint density at radius 3 is 2.71 bits per heavy atom. The normalized spacial score (nSPS) is 12.7. The standard InChI is InChI=1S/C12H9ClF2O2/c13-9-6-10(14)8(5-11(9)15)12(16)4-7-2-1-3-17-7/h1-3,5-6,12,16H,4H2. The maximum absolute atomic E-state index is 13.5. The van der Waals surface area contributed by atoms with E-state index in [0.29, 0.717) is 5.76 Å². The molecule has 17 heavy (non-hydrogen) atoms. The van der Waals surface area contributed by atoms with Gasteiger partial charge < -0.3 is 9.52 Å². The van der Waals surface area contributed by atoms with Gasteiger partial charge in [-0.15, -0.1) is 0 Å². The second kappa shape index (κ2) is 4.85. The first-order chi connectivity index (χ1) is 8.08. The van der Waals surface area contributed by atoms with E-state index in [4.69, 9.17) is 16.0 Å². The summed E-state index contributed by atoms with van der Waals surface area (Å²) in [5, 5.41) is 9.47. The van der Waals surface area contributed by atoms with Gasteiger partial charge in [0.25, 0.3) is 0 Å². The lowest BCUT2D eigenvalue weighted by Crippen LogP contribution is -2.04. The van der Waals surface area contributed by atoms with Gasteiger partial charge in [-0.3, -0.25) is 0 Å². The lowest BCUT2D eigenvalue weighted by atomic mass is 10.0. The van der Waals surface area contributed by atoms with Crippen molar-refractivity contribution in [3.8, 4) is 0 Å². The maximum atomic E-state index is 13.5. The molecule has 1 unspecified atom stereocenters. The lowest BCUT2D eigenvalue weighted by Gasteiger charge is -2.11. The summed E-state index contributed by atoms with van der Waals surface area (Å²) < 4.78 is 31.7. The molecule has 1 N–H and O–H groups in total. The summed E-state index contributed by atoms with van der Waals surface area (Å²) in [5.41, 5.74) is -0.136. The third-order valence-electron chi connectivity index (χ3n) is 2.37. The zero-order chi connectivity index (χ0) is 12.4. The number of hydrogen-bond donors (Lipinski definition) is 1. The maximum Gasteiger partial charge on any atom is 0.142 e. The van der Waals surface area contributed by atoms with Crippen LogP contribution < -0.4 is 0 Å². The Morgan fingerprint density at radius 1 is 1.29 bits per heavy atom. The van der Waals surface area contributed by atoms with Gasteiger partial charge in [0.15, 0.2) is 0 Å². The zero-order valence-corrected chi connectivity index (χ0v) is 9.42. The second-order valence-corrected chi connectivity index (χ2v) is 3.99. The molecule has 0 aliphatic heterocycles. The van der Waals surface area contributed by atoms with Crippen molar-refractivity contribution in [2.24, 2.45) is 0 Å². The number of aliphatic hydroxyl groups is 1. The van der Waals surface area contributed by atoms with E-state index in [-0.39, 0.29) is 17.0 Å².